The summed E-state index contributed by atoms with van der Waals surface area (Å²) in [5, 5.41) is 35.1. The fraction of sp³-hybridized carbons (Fsp3) is 0.480. The minimum absolute atomic E-state index is 0.0534. The lowest BCUT2D eigenvalue weighted by molar-refractivity contribution is -0.126. The highest BCUT2D eigenvalue weighted by atomic mass is 19.1. The molecule has 0 saturated carbocycles. The van der Waals surface area contributed by atoms with Crippen molar-refractivity contribution in [2.45, 2.75) is 31.2 Å². The first-order valence-electron chi connectivity index (χ1n) is 11.9. The van der Waals surface area contributed by atoms with Crippen LogP contribution in [0.15, 0.2) is 42.6 Å². The lowest BCUT2D eigenvalue weighted by atomic mass is 10.1. The predicted octanol–water partition coefficient (Wildman–Crippen LogP) is 0.437. The van der Waals surface area contributed by atoms with Crippen LogP contribution in [0.5, 0.6) is 0 Å². The Hall–Kier alpha value is -3.12. The van der Waals surface area contributed by atoms with Gasteiger partial charge in [-0.25, -0.2) is 4.39 Å². The maximum absolute atomic E-state index is 13.4. The molecule has 3 rings (SSSR count). The van der Waals surface area contributed by atoms with Crippen LogP contribution >= 0.6 is 0 Å². The highest BCUT2D eigenvalue weighted by Crippen LogP contribution is 2.12. The van der Waals surface area contributed by atoms with Gasteiger partial charge in [-0.1, -0.05) is 0 Å². The number of hydrogen-bond donors (Lipinski definition) is 3. The van der Waals surface area contributed by atoms with Crippen LogP contribution < -0.4 is 0 Å². The average Bonchev–Trinajstić information content (AvgIpc) is 3.28. The van der Waals surface area contributed by atoms with Crippen LogP contribution in [0, 0.1) is 5.82 Å². The van der Waals surface area contributed by atoms with Gasteiger partial charge in [0.05, 0.1) is 12.3 Å². The number of rotatable bonds is 3. The number of aryl methyl sites for hydroxylation is 1. The number of aromatic nitrogens is 2. The number of ether oxygens (including phenoxy) is 1. The first kappa shape index (κ1) is 27.5. The molecule has 0 radical (unpaired) electrons. The van der Waals surface area contributed by atoms with Gasteiger partial charge in [0.25, 0.3) is 5.91 Å². The van der Waals surface area contributed by atoms with Crippen molar-refractivity contribution in [3.05, 3.63) is 59.7 Å². The molecule has 36 heavy (non-hydrogen) atoms. The van der Waals surface area contributed by atoms with Gasteiger partial charge in [-0.05, 0) is 49.2 Å². The Morgan fingerprint density at radius 1 is 1.03 bits per heavy atom. The van der Waals surface area contributed by atoms with Crippen molar-refractivity contribution in [2.75, 3.05) is 39.4 Å². The highest BCUT2D eigenvalue weighted by Gasteiger charge is 2.29. The van der Waals surface area contributed by atoms with Crippen molar-refractivity contribution < 1.29 is 34.0 Å². The third kappa shape index (κ3) is 7.69. The number of benzene rings is 1. The SMILES string of the molecule is Cn1nccc1/C=C/C(=O)N1CCCCOC[C@@H](O)[C@H](O)[C@@H](O)CN(C(=O)c2ccc(F)cc2)CC1. The number of halogens is 1. The molecule has 0 unspecified atom stereocenters. The third-order valence-corrected chi connectivity index (χ3v) is 6.04. The summed E-state index contributed by atoms with van der Waals surface area (Å²) < 4.78 is 20.4. The second-order valence-corrected chi connectivity index (χ2v) is 8.70. The number of β-amino-alcohol motifs (C(OH)–C–C–N with tert-alkyl or cyclic N) is 1. The van der Waals surface area contributed by atoms with Crippen molar-refractivity contribution in [1.29, 1.82) is 0 Å². The van der Waals surface area contributed by atoms with E-state index in [0.717, 1.165) is 17.8 Å². The number of nitrogens with zero attached hydrogens (tertiary/aromatic N) is 4. The van der Waals surface area contributed by atoms with Crippen molar-refractivity contribution >= 4 is 17.9 Å². The lowest BCUT2D eigenvalue weighted by Crippen LogP contribution is -2.49. The van der Waals surface area contributed by atoms with Crippen LogP contribution in [0.1, 0.15) is 28.9 Å². The average molecular weight is 505 g/mol. The number of hydrogen-bond acceptors (Lipinski definition) is 7. The van der Waals surface area contributed by atoms with Crippen LogP contribution in [-0.2, 0) is 16.6 Å². The summed E-state index contributed by atoms with van der Waals surface area (Å²) in [6.45, 7) is 0.458. The normalized spacial score (nSPS) is 23.0. The second kappa shape index (κ2) is 13.3. The van der Waals surface area contributed by atoms with Crippen LogP contribution in [0.2, 0.25) is 0 Å². The van der Waals surface area contributed by atoms with E-state index < -0.39 is 30.0 Å². The maximum atomic E-state index is 13.4. The Kier molecular flexibility index (Phi) is 10.1. The van der Waals surface area contributed by atoms with Crippen molar-refractivity contribution in [2.24, 2.45) is 7.05 Å². The molecular formula is C25H33FN4O6. The monoisotopic (exact) mass is 504 g/mol. The molecule has 1 aliphatic heterocycles. The molecular weight excluding hydrogens is 471 g/mol. The summed E-state index contributed by atoms with van der Waals surface area (Å²) in [7, 11) is 1.77. The first-order valence-corrected chi connectivity index (χ1v) is 11.9. The Labute approximate surface area is 209 Å². The Morgan fingerprint density at radius 2 is 1.75 bits per heavy atom. The predicted molar refractivity (Wildman–Crippen MR) is 129 cm³/mol. The highest BCUT2D eigenvalue weighted by molar-refractivity contribution is 5.94. The molecule has 1 aliphatic rings. The first-order chi connectivity index (χ1) is 17.3. The van der Waals surface area contributed by atoms with E-state index in [1.807, 2.05) is 0 Å². The molecule has 0 spiro atoms. The fourth-order valence-corrected chi connectivity index (χ4v) is 3.83. The molecule has 0 bridgehead atoms. The van der Waals surface area contributed by atoms with Gasteiger partial charge in [-0.3, -0.25) is 14.3 Å². The summed E-state index contributed by atoms with van der Waals surface area (Å²) in [4.78, 5) is 29.1. The zero-order valence-corrected chi connectivity index (χ0v) is 20.2. The zero-order chi connectivity index (χ0) is 26.1. The van der Waals surface area contributed by atoms with Gasteiger partial charge in [0, 0.05) is 57.7 Å². The molecule has 0 aliphatic carbocycles. The van der Waals surface area contributed by atoms with Gasteiger partial charge >= 0.3 is 0 Å². The number of aliphatic hydroxyl groups is 3. The van der Waals surface area contributed by atoms with Gasteiger partial charge in [0.15, 0.2) is 0 Å². The van der Waals surface area contributed by atoms with Crippen LogP contribution in [0.3, 0.4) is 0 Å². The minimum atomic E-state index is -1.55. The largest absolute Gasteiger partial charge is 0.388 e. The molecule has 2 amide bonds. The molecule has 1 saturated heterocycles. The van der Waals surface area contributed by atoms with Crippen LogP contribution in [-0.4, -0.2) is 104 Å². The quantitative estimate of drug-likeness (QED) is 0.518. The van der Waals surface area contributed by atoms with Crippen molar-refractivity contribution in [1.82, 2.24) is 19.6 Å². The number of aliphatic hydroxyl groups excluding tert-OH is 3. The van der Waals surface area contributed by atoms with Crippen LogP contribution in [0.25, 0.3) is 6.08 Å². The Balaban J connectivity index is 1.80. The van der Waals surface area contributed by atoms with E-state index in [4.69, 9.17) is 4.74 Å². The van der Waals surface area contributed by atoms with Crippen LogP contribution in [0.4, 0.5) is 4.39 Å². The van der Waals surface area contributed by atoms with E-state index in [-0.39, 0.29) is 37.7 Å². The number of carbonyl (C=O) groups excluding carboxylic acids is 2. The van der Waals surface area contributed by atoms with E-state index in [0.29, 0.717) is 26.0 Å². The van der Waals surface area contributed by atoms with Gasteiger partial charge in [0.1, 0.15) is 24.1 Å². The summed E-state index contributed by atoms with van der Waals surface area (Å²) in [6, 6.07) is 6.74. The smallest absolute Gasteiger partial charge is 0.254 e. The molecule has 3 N–H and O–H groups in total. The summed E-state index contributed by atoms with van der Waals surface area (Å²) >= 11 is 0. The van der Waals surface area contributed by atoms with Gasteiger partial charge in [-0.15, -0.1) is 0 Å². The summed E-state index contributed by atoms with van der Waals surface area (Å²) in [5.74, 6) is -1.26. The minimum Gasteiger partial charge on any atom is -0.388 e. The number of amides is 2. The Bertz CT molecular complexity index is 1030. The maximum Gasteiger partial charge on any atom is 0.254 e. The standard InChI is InChI=1S/C25H33FN4O6/c1-28-20(10-11-27-28)8-9-23(33)29-12-2-3-15-36-17-22(32)24(34)21(31)16-30(14-13-29)25(35)18-4-6-19(26)7-5-18/h4-11,21-22,24,31-32,34H,2-3,12-17H2,1H3/b9-8+/t21-,22+,24+/m0/s1. The van der Waals surface area contributed by atoms with E-state index in [1.54, 1.807) is 35.0 Å². The summed E-state index contributed by atoms with van der Waals surface area (Å²) in [6.07, 6.45) is 1.62. The molecule has 1 fully saturated rings. The van der Waals surface area contributed by atoms with E-state index in [2.05, 4.69) is 5.10 Å². The van der Waals surface area contributed by atoms with Gasteiger partial charge in [-0.2, -0.15) is 5.10 Å². The molecule has 3 atom stereocenters. The third-order valence-electron chi connectivity index (χ3n) is 6.04. The molecule has 2 aromatic rings. The van der Waals surface area contributed by atoms with E-state index in [9.17, 15) is 29.3 Å². The fourth-order valence-electron chi connectivity index (χ4n) is 3.83. The van der Waals surface area contributed by atoms with Gasteiger partial charge < -0.3 is 29.9 Å². The lowest BCUT2D eigenvalue weighted by Gasteiger charge is -2.32. The second-order valence-electron chi connectivity index (χ2n) is 8.70. The van der Waals surface area contributed by atoms with Crippen molar-refractivity contribution in [3.8, 4) is 0 Å². The number of carbonyl (C=O) groups is 2. The molecule has 11 heteroatoms. The molecule has 1 aromatic carbocycles. The van der Waals surface area contributed by atoms with Crippen molar-refractivity contribution in [3.63, 3.8) is 0 Å². The summed E-state index contributed by atoms with van der Waals surface area (Å²) in [5.41, 5.74) is 0.944. The zero-order valence-electron chi connectivity index (χ0n) is 20.2. The topological polar surface area (TPSA) is 128 Å². The Morgan fingerprint density at radius 3 is 2.44 bits per heavy atom. The molecule has 2 heterocycles. The van der Waals surface area contributed by atoms with E-state index in [1.165, 1.54) is 23.1 Å². The molecule has 1 aromatic heterocycles. The molecule has 196 valence electrons. The van der Waals surface area contributed by atoms with E-state index >= 15 is 0 Å². The van der Waals surface area contributed by atoms with Gasteiger partial charge in [0.2, 0.25) is 5.91 Å². The molecule has 10 nitrogen and oxygen atoms in total.